The van der Waals surface area contributed by atoms with E-state index in [0.29, 0.717) is 54.8 Å². The first kappa shape index (κ1) is 27.3. The number of methoxy groups -OCH3 is 1. The summed E-state index contributed by atoms with van der Waals surface area (Å²) in [6, 6.07) is 1.99. The molecule has 0 aromatic carbocycles. The summed E-state index contributed by atoms with van der Waals surface area (Å²) < 4.78 is 17.4. The molecule has 6 heterocycles. The Kier molecular flexibility index (Phi) is 7.64. The highest BCUT2D eigenvalue weighted by Gasteiger charge is 2.50. The lowest BCUT2D eigenvalue weighted by molar-refractivity contribution is 0.0970. The molecule has 4 aliphatic rings. The van der Waals surface area contributed by atoms with Gasteiger partial charge in [-0.25, -0.2) is 19.7 Å². The molecule has 40 heavy (non-hydrogen) atoms. The number of aliphatic hydroxyl groups is 1. The van der Waals surface area contributed by atoms with Crippen LogP contribution >= 0.6 is 11.8 Å². The molecule has 216 valence electrons. The zero-order valence-electron chi connectivity index (χ0n) is 22.8. The van der Waals surface area contributed by atoms with Gasteiger partial charge in [-0.3, -0.25) is 0 Å². The van der Waals surface area contributed by atoms with Gasteiger partial charge in [0.15, 0.2) is 17.4 Å². The van der Waals surface area contributed by atoms with Crippen molar-refractivity contribution in [3.63, 3.8) is 0 Å². The van der Waals surface area contributed by atoms with Crippen LogP contribution < -0.4 is 19.9 Å². The molecule has 12 nitrogen and oxygen atoms in total. The number of carbonyl (C=O) groups is 1. The van der Waals surface area contributed by atoms with Gasteiger partial charge in [0.2, 0.25) is 0 Å². The first-order valence-corrected chi connectivity index (χ1v) is 14.6. The maximum atomic E-state index is 11.4. The molecular weight excluding hydrogens is 536 g/mol. The molecule has 13 heteroatoms. The Morgan fingerprint density at radius 2 is 2.12 bits per heavy atom. The van der Waals surface area contributed by atoms with Crippen molar-refractivity contribution in [3.05, 3.63) is 24.2 Å². The molecule has 4 aliphatic heterocycles. The monoisotopic (exact) mass is 572 g/mol. The number of aromatic nitrogens is 3. The second kappa shape index (κ2) is 11.2. The van der Waals surface area contributed by atoms with Gasteiger partial charge in [0.05, 0.1) is 49.1 Å². The molecule has 3 fully saturated rings. The molecule has 4 atom stereocenters. The van der Waals surface area contributed by atoms with Crippen LogP contribution in [0, 0.1) is 11.3 Å². The zero-order chi connectivity index (χ0) is 27.9. The third-order valence-electron chi connectivity index (χ3n) is 8.71. The summed E-state index contributed by atoms with van der Waals surface area (Å²) >= 11 is 1.45. The molecule has 0 saturated carbocycles. The van der Waals surface area contributed by atoms with Crippen LogP contribution in [0.15, 0.2) is 28.4 Å². The number of aliphatic hydroxyl groups excluding tert-OH is 1. The normalized spacial score (nSPS) is 26.9. The number of nitrogens with one attached hydrogen (secondary N) is 1. The molecule has 1 amide bonds. The summed E-state index contributed by atoms with van der Waals surface area (Å²) in [5, 5.41) is 22.9. The van der Waals surface area contributed by atoms with Crippen LogP contribution in [-0.2, 0) is 16.1 Å². The molecule has 2 aromatic rings. The number of hydrogen-bond donors (Lipinski definition) is 3. The molecular formula is C27H36N6O6S. The second-order valence-corrected chi connectivity index (χ2v) is 12.2. The van der Waals surface area contributed by atoms with Crippen LogP contribution in [0.25, 0.3) is 0 Å². The average molecular weight is 573 g/mol. The van der Waals surface area contributed by atoms with Crippen molar-refractivity contribution in [3.8, 4) is 5.75 Å². The number of ether oxygens (including phenoxy) is 3. The van der Waals surface area contributed by atoms with Crippen molar-refractivity contribution in [2.75, 3.05) is 56.4 Å². The second-order valence-electron chi connectivity index (χ2n) is 11.2. The van der Waals surface area contributed by atoms with E-state index in [1.807, 2.05) is 13.0 Å². The van der Waals surface area contributed by atoms with Crippen molar-refractivity contribution in [2.24, 2.45) is 11.3 Å². The Labute approximate surface area is 237 Å². The number of pyridine rings is 1. The number of fused-ring (bicyclic) bond motifs is 3. The number of hydrogen-bond acceptors (Lipinski definition) is 11. The Balaban J connectivity index is 1.16. The summed E-state index contributed by atoms with van der Waals surface area (Å²) in [6.45, 7) is 5.81. The minimum atomic E-state index is -1.03. The van der Waals surface area contributed by atoms with E-state index < -0.39 is 6.09 Å². The predicted molar refractivity (Wildman–Crippen MR) is 147 cm³/mol. The number of nitrogens with zero attached hydrogens (tertiary/aromatic N) is 5. The van der Waals surface area contributed by atoms with Crippen LogP contribution in [0.5, 0.6) is 5.75 Å². The Morgan fingerprint density at radius 1 is 1.30 bits per heavy atom. The van der Waals surface area contributed by atoms with E-state index in [4.69, 9.17) is 24.2 Å². The van der Waals surface area contributed by atoms with E-state index in [1.165, 1.54) is 11.8 Å². The highest BCUT2D eigenvalue weighted by atomic mass is 32.2. The largest absolute Gasteiger partial charge is 0.486 e. The van der Waals surface area contributed by atoms with E-state index in [9.17, 15) is 15.0 Å². The topological polar surface area (TPSA) is 142 Å². The standard InChI is InChI=1S/C27H36N6O6S/c1-16-23(31-26(35)36)27(15-39-16)4-7-32(8-5-27)24-19(12-34)30-21(10-29-24)40-20-3-6-28-25-22(20)38-14-18-9-17(13-37-2)11-33(18)25/h3,6,10,16-18,23,31,34H,4-5,7-9,11-15H2,1-2H3,(H,35,36)/t16-,17?,18-,23+/m0/s1. The predicted octanol–water partition coefficient (Wildman–Crippen LogP) is 2.39. The quantitative estimate of drug-likeness (QED) is 0.448. The van der Waals surface area contributed by atoms with Crippen LogP contribution in [0.4, 0.5) is 16.4 Å². The molecule has 0 aliphatic carbocycles. The van der Waals surface area contributed by atoms with Crippen LogP contribution in [0.3, 0.4) is 0 Å². The fourth-order valence-electron chi connectivity index (χ4n) is 6.75. The summed E-state index contributed by atoms with van der Waals surface area (Å²) in [6.07, 6.45) is 4.89. The van der Waals surface area contributed by atoms with E-state index in [1.54, 1.807) is 19.5 Å². The molecule has 1 unspecified atom stereocenters. The van der Waals surface area contributed by atoms with Gasteiger partial charge in [0.1, 0.15) is 17.3 Å². The summed E-state index contributed by atoms with van der Waals surface area (Å²) in [5.74, 6) is 2.74. The van der Waals surface area contributed by atoms with E-state index >= 15 is 0 Å². The summed E-state index contributed by atoms with van der Waals surface area (Å²) in [4.78, 5) is 30.9. The smallest absolute Gasteiger partial charge is 0.404 e. The Hall–Kier alpha value is -2.87. The fourth-order valence-corrected chi connectivity index (χ4v) is 7.61. The maximum Gasteiger partial charge on any atom is 0.404 e. The van der Waals surface area contributed by atoms with Gasteiger partial charge < -0.3 is 39.5 Å². The molecule has 6 rings (SSSR count). The first-order chi connectivity index (χ1) is 19.4. The third kappa shape index (κ3) is 5.04. The molecule has 1 spiro atoms. The van der Waals surface area contributed by atoms with Crippen molar-refractivity contribution >= 4 is 29.5 Å². The lowest BCUT2D eigenvalue weighted by Crippen LogP contribution is -2.54. The van der Waals surface area contributed by atoms with Crippen LogP contribution in [0.2, 0.25) is 0 Å². The number of anilines is 2. The molecule has 0 bridgehead atoms. The number of carboxylic acid groups (broad SMARTS) is 1. The third-order valence-corrected chi connectivity index (χ3v) is 9.66. The minimum Gasteiger partial charge on any atom is -0.486 e. The van der Waals surface area contributed by atoms with Gasteiger partial charge >= 0.3 is 6.09 Å². The van der Waals surface area contributed by atoms with Crippen molar-refractivity contribution in [1.29, 1.82) is 0 Å². The van der Waals surface area contributed by atoms with E-state index in [2.05, 4.69) is 20.1 Å². The van der Waals surface area contributed by atoms with Gasteiger partial charge in [-0.2, -0.15) is 0 Å². The first-order valence-electron chi connectivity index (χ1n) is 13.8. The summed E-state index contributed by atoms with van der Waals surface area (Å²) in [7, 11) is 1.74. The molecule has 2 aromatic heterocycles. The number of piperidine rings is 1. The SMILES string of the molecule is COCC1C[C@H]2COc3c(Sc4cnc(N5CCC6(CC5)CO[C@@H](C)[C@H]6NC(=O)O)c(CO)n4)ccnc3N2C1. The van der Waals surface area contributed by atoms with E-state index in [-0.39, 0.29) is 24.2 Å². The average Bonchev–Trinajstić information content (AvgIpc) is 3.50. The van der Waals surface area contributed by atoms with Crippen molar-refractivity contribution in [2.45, 2.75) is 60.9 Å². The summed E-state index contributed by atoms with van der Waals surface area (Å²) in [5.41, 5.74) is 0.276. The van der Waals surface area contributed by atoms with Gasteiger partial charge in [-0.1, -0.05) is 11.8 Å². The van der Waals surface area contributed by atoms with Crippen LogP contribution in [0.1, 0.15) is 31.9 Å². The van der Waals surface area contributed by atoms with E-state index in [0.717, 1.165) is 48.9 Å². The van der Waals surface area contributed by atoms with Gasteiger partial charge in [-0.15, -0.1) is 0 Å². The number of rotatable bonds is 7. The zero-order valence-corrected chi connectivity index (χ0v) is 23.6. The van der Waals surface area contributed by atoms with Crippen LogP contribution in [-0.4, -0.2) is 96.0 Å². The Morgan fingerprint density at radius 3 is 2.88 bits per heavy atom. The number of amides is 1. The highest BCUT2D eigenvalue weighted by Crippen LogP contribution is 2.46. The minimum absolute atomic E-state index is 0.169. The molecule has 0 radical (unpaired) electrons. The van der Waals surface area contributed by atoms with Gasteiger partial charge in [0, 0.05) is 44.3 Å². The molecule has 3 N–H and O–H groups in total. The lowest BCUT2D eigenvalue weighted by Gasteiger charge is -2.42. The lowest BCUT2D eigenvalue weighted by atomic mass is 9.73. The van der Waals surface area contributed by atoms with Crippen molar-refractivity contribution in [1.82, 2.24) is 20.3 Å². The molecule has 3 saturated heterocycles. The highest BCUT2D eigenvalue weighted by molar-refractivity contribution is 7.99. The Bertz CT molecular complexity index is 1240. The van der Waals surface area contributed by atoms with Crippen molar-refractivity contribution < 1.29 is 29.2 Å². The maximum absolute atomic E-state index is 11.4. The fraction of sp³-hybridized carbons (Fsp3) is 0.630. The van der Waals surface area contributed by atoms with Gasteiger partial charge in [-0.05, 0) is 32.3 Å². The van der Waals surface area contributed by atoms with Gasteiger partial charge in [0.25, 0.3) is 0 Å².